The van der Waals surface area contributed by atoms with Gasteiger partial charge in [-0.15, -0.1) is 0 Å². The Kier molecular flexibility index (Phi) is 3.52. The Morgan fingerprint density at radius 2 is 2.08 bits per heavy atom. The van der Waals surface area contributed by atoms with E-state index >= 15 is 0 Å². The van der Waals surface area contributed by atoms with E-state index in [0.717, 1.165) is 5.25 Å². The van der Waals surface area contributed by atoms with Crippen LogP contribution in [0.4, 0.5) is 0 Å². The fourth-order valence-corrected chi connectivity index (χ4v) is 3.23. The Morgan fingerprint density at radius 3 is 2.69 bits per heavy atom. The second-order valence-electron chi connectivity index (χ2n) is 4.22. The number of thioether (sulfide) groups is 1. The van der Waals surface area contributed by atoms with Crippen LogP contribution in [0.5, 0.6) is 0 Å². The van der Waals surface area contributed by atoms with Gasteiger partial charge in [0.15, 0.2) is 0 Å². The van der Waals surface area contributed by atoms with Crippen LogP contribution in [-0.4, -0.2) is 23.1 Å². The molecule has 2 nitrogen and oxygen atoms in total. The van der Waals surface area contributed by atoms with E-state index in [1.54, 1.807) is 0 Å². The van der Waals surface area contributed by atoms with Crippen LogP contribution in [0.15, 0.2) is 0 Å². The lowest BCUT2D eigenvalue weighted by atomic mass is 10.2. The van der Waals surface area contributed by atoms with Crippen molar-refractivity contribution in [3.63, 3.8) is 0 Å². The Labute approximate surface area is 84.8 Å². The Hall–Kier alpha value is 0.270. The number of hydroxylamine groups is 1. The maximum atomic E-state index is 5.67. The van der Waals surface area contributed by atoms with Crippen molar-refractivity contribution in [2.75, 3.05) is 5.75 Å². The molecule has 1 heterocycles. The van der Waals surface area contributed by atoms with Crippen molar-refractivity contribution < 1.29 is 4.84 Å². The molecular formula is C10H19NOS. The van der Waals surface area contributed by atoms with Crippen molar-refractivity contribution in [2.24, 2.45) is 0 Å². The molecule has 2 fully saturated rings. The fourth-order valence-electron chi connectivity index (χ4n) is 2.10. The van der Waals surface area contributed by atoms with Gasteiger partial charge in [0.1, 0.15) is 0 Å². The minimum absolute atomic E-state index is 0.501. The van der Waals surface area contributed by atoms with Gasteiger partial charge in [0.25, 0.3) is 0 Å². The Morgan fingerprint density at radius 1 is 1.31 bits per heavy atom. The number of rotatable bonds is 3. The monoisotopic (exact) mass is 201 g/mol. The molecule has 1 aliphatic heterocycles. The fraction of sp³-hybridized carbons (Fsp3) is 1.00. The highest BCUT2D eigenvalue weighted by Crippen LogP contribution is 2.27. The number of hydrogen-bond acceptors (Lipinski definition) is 3. The highest BCUT2D eigenvalue weighted by atomic mass is 32.2. The third-order valence-corrected chi connectivity index (χ3v) is 4.26. The molecule has 0 aromatic rings. The average molecular weight is 201 g/mol. The molecule has 2 aliphatic rings. The molecule has 76 valence electrons. The molecule has 1 saturated heterocycles. The third-order valence-electron chi connectivity index (χ3n) is 2.90. The summed E-state index contributed by atoms with van der Waals surface area (Å²) in [5, 5.41) is 0.810. The highest BCUT2D eigenvalue weighted by molar-refractivity contribution is 8.00. The van der Waals surface area contributed by atoms with Crippen LogP contribution in [0, 0.1) is 0 Å². The predicted molar refractivity (Wildman–Crippen MR) is 56.8 cm³/mol. The van der Waals surface area contributed by atoms with Gasteiger partial charge < -0.3 is 0 Å². The first-order valence-electron chi connectivity index (χ1n) is 5.37. The smallest absolute Gasteiger partial charge is 0.0790 e. The van der Waals surface area contributed by atoms with Crippen LogP contribution in [0.1, 0.15) is 39.0 Å². The van der Waals surface area contributed by atoms with Crippen LogP contribution < -0.4 is 5.48 Å². The second-order valence-corrected chi connectivity index (χ2v) is 5.69. The number of hydrogen-bond donors (Lipinski definition) is 1. The molecule has 2 rings (SSSR count). The summed E-state index contributed by atoms with van der Waals surface area (Å²) in [6.07, 6.45) is 6.97. The van der Waals surface area contributed by atoms with Crippen molar-refractivity contribution in [3.8, 4) is 0 Å². The molecule has 0 aromatic carbocycles. The van der Waals surface area contributed by atoms with Crippen molar-refractivity contribution in [1.82, 2.24) is 5.48 Å². The molecule has 0 bridgehead atoms. The molecular weight excluding hydrogens is 182 g/mol. The van der Waals surface area contributed by atoms with Gasteiger partial charge in [-0.25, -0.2) is 0 Å². The summed E-state index contributed by atoms with van der Waals surface area (Å²) in [5.41, 5.74) is 3.23. The van der Waals surface area contributed by atoms with Gasteiger partial charge in [0.2, 0.25) is 0 Å². The largest absolute Gasteiger partial charge is 0.298 e. The summed E-state index contributed by atoms with van der Waals surface area (Å²) >= 11 is 2.05. The van der Waals surface area contributed by atoms with E-state index in [2.05, 4.69) is 12.4 Å². The van der Waals surface area contributed by atoms with Crippen LogP contribution >= 0.6 is 11.8 Å². The van der Waals surface area contributed by atoms with E-state index < -0.39 is 0 Å². The molecule has 2 unspecified atom stereocenters. The average Bonchev–Trinajstić information content (AvgIpc) is 2.71. The Bertz CT molecular complexity index is 159. The lowest BCUT2D eigenvalue weighted by Gasteiger charge is -2.15. The normalized spacial score (nSPS) is 35.8. The molecule has 0 aromatic heterocycles. The minimum atomic E-state index is 0.501. The molecule has 0 amide bonds. The molecule has 1 N–H and O–H groups in total. The zero-order chi connectivity index (χ0) is 9.10. The van der Waals surface area contributed by atoms with Crippen LogP contribution in [-0.2, 0) is 4.84 Å². The van der Waals surface area contributed by atoms with E-state index in [-0.39, 0.29) is 0 Å². The second kappa shape index (κ2) is 4.67. The SMILES string of the molecule is CC1CC(NOC2CCCC2)CS1. The summed E-state index contributed by atoms with van der Waals surface area (Å²) < 4.78 is 0. The third kappa shape index (κ3) is 2.86. The maximum absolute atomic E-state index is 5.67. The summed E-state index contributed by atoms with van der Waals surface area (Å²) in [5.74, 6) is 1.22. The lowest BCUT2D eigenvalue weighted by Crippen LogP contribution is -2.32. The van der Waals surface area contributed by atoms with E-state index in [1.165, 1.54) is 37.9 Å². The summed E-state index contributed by atoms with van der Waals surface area (Å²) in [6, 6.07) is 0.598. The van der Waals surface area contributed by atoms with Crippen molar-refractivity contribution in [3.05, 3.63) is 0 Å². The topological polar surface area (TPSA) is 21.3 Å². The molecule has 13 heavy (non-hydrogen) atoms. The predicted octanol–water partition coefficient (Wildman–Crippen LogP) is 2.34. The van der Waals surface area contributed by atoms with Crippen molar-refractivity contribution >= 4 is 11.8 Å². The Balaban J connectivity index is 1.62. The van der Waals surface area contributed by atoms with Gasteiger partial charge in [-0.1, -0.05) is 19.8 Å². The summed E-state index contributed by atoms with van der Waals surface area (Å²) in [6.45, 7) is 2.29. The van der Waals surface area contributed by atoms with Crippen LogP contribution in [0.3, 0.4) is 0 Å². The van der Waals surface area contributed by atoms with Gasteiger partial charge in [-0.3, -0.25) is 4.84 Å². The van der Waals surface area contributed by atoms with Crippen molar-refractivity contribution in [1.29, 1.82) is 0 Å². The van der Waals surface area contributed by atoms with E-state index in [9.17, 15) is 0 Å². The quantitative estimate of drug-likeness (QED) is 0.708. The van der Waals surface area contributed by atoms with E-state index in [4.69, 9.17) is 4.84 Å². The first-order chi connectivity index (χ1) is 6.34. The highest BCUT2D eigenvalue weighted by Gasteiger charge is 2.23. The van der Waals surface area contributed by atoms with Gasteiger partial charge in [0, 0.05) is 17.0 Å². The molecule has 1 saturated carbocycles. The van der Waals surface area contributed by atoms with Crippen LogP contribution in [0.25, 0.3) is 0 Å². The van der Waals surface area contributed by atoms with Gasteiger partial charge in [-0.2, -0.15) is 17.2 Å². The first-order valence-corrected chi connectivity index (χ1v) is 6.42. The van der Waals surface area contributed by atoms with E-state index in [0.29, 0.717) is 12.1 Å². The van der Waals surface area contributed by atoms with Gasteiger partial charge in [-0.05, 0) is 19.3 Å². The lowest BCUT2D eigenvalue weighted by molar-refractivity contribution is -0.0362. The molecule has 0 spiro atoms. The number of nitrogens with one attached hydrogen (secondary N) is 1. The minimum Gasteiger partial charge on any atom is -0.298 e. The molecule has 0 radical (unpaired) electrons. The summed E-state index contributed by atoms with van der Waals surface area (Å²) in [4.78, 5) is 5.67. The zero-order valence-electron chi connectivity index (χ0n) is 8.29. The van der Waals surface area contributed by atoms with Gasteiger partial charge in [0.05, 0.1) is 6.10 Å². The molecule has 2 atom stereocenters. The standard InChI is InChI=1S/C10H19NOS/c1-8-6-9(7-13-8)11-12-10-4-2-3-5-10/h8-11H,2-7H2,1H3. The van der Waals surface area contributed by atoms with Gasteiger partial charge >= 0.3 is 0 Å². The van der Waals surface area contributed by atoms with Crippen molar-refractivity contribution in [2.45, 2.75) is 56.4 Å². The first kappa shape index (κ1) is 9.81. The van der Waals surface area contributed by atoms with E-state index in [1.807, 2.05) is 11.8 Å². The maximum Gasteiger partial charge on any atom is 0.0790 e. The molecule has 3 heteroatoms. The zero-order valence-corrected chi connectivity index (χ0v) is 9.11. The summed E-state index contributed by atoms with van der Waals surface area (Å²) in [7, 11) is 0. The molecule has 1 aliphatic carbocycles. The van der Waals surface area contributed by atoms with Crippen LogP contribution in [0.2, 0.25) is 0 Å².